The van der Waals surface area contributed by atoms with Crippen LogP contribution >= 0.6 is 11.6 Å². The number of carbonyl (C=O) groups excluding carboxylic acids is 2. The Morgan fingerprint density at radius 1 is 0.857 bits per heavy atom. The Morgan fingerprint density at radius 3 is 1.61 bits per heavy atom. The van der Waals surface area contributed by atoms with Gasteiger partial charge in [-0.3, -0.25) is 29.8 Å². The molecular weight excluding hydrogens is 390 g/mol. The Kier molecular flexibility index (Phi) is 7.75. The standard InChI is InChI=1S/C10H12N2O3.C8H6ClNO3/c1-7-4-5-9(12(14)15)8(6-7)10(13)11(2)3;1-5-2-3-7(10(12)13)6(4-5)8(9)11/h4-6H,1-3H3;2-4H,1H3. The van der Waals surface area contributed by atoms with Crippen molar-refractivity contribution < 1.29 is 19.4 Å². The number of benzene rings is 2. The molecule has 0 saturated heterocycles. The lowest BCUT2D eigenvalue weighted by Gasteiger charge is -2.10. The quantitative estimate of drug-likeness (QED) is 0.430. The van der Waals surface area contributed by atoms with E-state index in [1.807, 2.05) is 0 Å². The minimum atomic E-state index is -0.810. The minimum Gasteiger partial charge on any atom is -0.345 e. The van der Waals surface area contributed by atoms with Gasteiger partial charge in [-0.05, 0) is 48.7 Å². The van der Waals surface area contributed by atoms with Gasteiger partial charge in [0, 0.05) is 26.2 Å². The molecule has 28 heavy (non-hydrogen) atoms. The normalized spacial score (nSPS) is 9.75. The van der Waals surface area contributed by atoms with Gasteiger partial charge in [-0.1, -0.05) is 12.1 Å². The molecule has 0 saturated carbocycles. The fourth-order valence-corrected chi connectivity index (χ4v) is 2.34. The van der Waals surface area contributed by atoms with Gasteiger partial charge in [0.05, 0.1) is 9.85 Å². The van der Waals surface area contributed by atoms with Crippen molar-refractivity contribution in [1.29, 1.82) is 0 Å². The molecule has 0 bridgehead atoms. The van der Waals surface area contributed by atoms with Gasteiger partial charge >= 0.3 is 0 Å². The Morgan fingerprint density at radius 2 is 1.25 bits per heavy atom. The number of amides is 1. The predicted molar refractivity (Wildman–Crippen MR) is 104 cm³/mol. The second-order valence-electron chi connectivity index (χ2n) is 6.03. The molecule has 10 heteroatoms. The van der Waals surface area contributed by atoms with E-state index in [2.05, 4.69) is 0 Å². The number of nitro groups is 2. The van der Waals surface area contributed by atoms with E-state index < -0.39 is 15.1 Å². The lowest BCUT2D eigenvalue weighted by atomic mass is 10.1. The average Bonchev–Trinajstić information content (AvgIpc) is 2.60. The lowest BCUT2D eigenvalue weighted by Crippen LogP contribution is -2.22. The van der Waals surface area contributed by atoms with Gasteiger partial charge in [0.15, 0.2) is 0 Å². The number of nitrogens with zero attached hydrogens (tertiary/aromatic N) is 3. The molecule has 0 aliphatic carbocycles. The van der Waals surface area contributed by atoms with Crippen molar-refractivity contribution in [2.45, 2.75) is 13.8 Å². The molecule has 0 fully saturated rings. The van der Waals surface area contributed by atoms with Crippen LogP contribution in [0.3, 0.4) is 0 Å². The monoisotopic (exact) mass is 407 g/mol. The number of hydrogen-bond donors (Lipinski definition) is 0. The summed E-state index contributed by atoms with van der Waals surface area (Å²) in [4.78, 5) is 43.7. The fraction of sp³-hybridized carbons (Fsp3) is 0.222. The Hall–Kier alpha value is -3.33. The topological polar surface area (TPSA) is 124 Å². The molecule has 2 aromatic carbocycles. The van der Waals surface area contributed by atoms with Gasteiger partial charge < -0.3 is 4.90 Å². The number of halogens is 1. The minimum absolute atomic E-state index is 0.0633. The van der Waals surface area contributed by atoms with Gasteiger partial charge in [0.25, 0.3) is 22.5 Å². The Labute approximate surface area is 165 Å². The van der Waals surface area contributed by atoms with E-state index in [9.17, 15) is 29.8 Å². The van der Waals surface area contributed by atoms with Gasteiger partial charge in [0.2, 0.25) is 0 Å². The summed E-state index contributed by atoms with van der Waals surface area (Å²) in [5.74, 6) is -0.356. The van der Waals surface area contributed by atoms with Crippen LogP contribution < -0.4 is 0 Å². The van der Waals surface area contributed by atoms with E-state index in [1.165, 1.54) is 29.2 Å². The van der Waals surface area contributed by atoms with Crippen molar-refractivity contribution in [1.82, 2.24) is 4.90 Å². The predicted octanol–water partition coefficient (Wildman–Crippen LogP) is 3.89. The molecule has 9 nitrogen and oxygen atoms in total. The third-order valence-electron chi connectivity index (χ3n) is 3.55. The Bertz CT molecular complexity index is 943. The first-order valence-corrected chi connectivity index (χ1v) is 8.25. The van der Waals surface area contributed by atoms with Crippen LogP contribution in [0.5, 0.6) is 0 Å². The number of aryl methyl sites for hydroxylation is 2. The summed E-state index contributed by atoms with van der Waals surface area (Å²) >= 11 is 5.18. The fourth-order valence-electron chi connectivity index (χ4n) is 2.19. The maximum atomic E-state index is 11.6. The van der Waals surface area contributed by atoms with Gasteiger partial charge in [-0.2, -0.15) is 0 Å². The summed E-state index contributed by atoms with van der Waals surface area (Å²) in [6, 6.07) is 8.72. The summed E-state index contributed by atoms with van der Waals surface area (Å²) in [5.41, 5.74) is 1.24. The van der Waals surface area contributed by atoms with Crippen LogP contribution in [0.25, 0.3) is 0 Å². The smallest absolute Gasteiger partial charge is 0.282 e. The van der Waals surface area contributed by atoms with Crippen LogP contribution in [-0.4, -0.2) is 40.0 Å². The van der Waals surface area contributed by atoms with Crippen molar-refractivity contribution in [3.05, 3.63) is 78.9 Å². The van der Waals surface area contributed by atoms with Crippen LogP contribution in [0, 0.1) is 34.1 Å². The molecule has 148 valence electrons. The summed E-state index contributed by atoms with van der Waals surface area (Å²) in [6.45, 7) is 3.52. The lowest BCUT2D eigenvalue weighted by molar-refractivity contribution is -0.385. The number of hydrogen-bond acceptors (Lipinski definition) is 6. The molecule has 0 N–H and O–H groups in total. The zero-order valence-electron chi connectivity index (χ0n) is 15.6. The molecule has 1 amide bonds. The summed E-state index contributed by atoms with van der Waals surface area (Å²) in [5, 5.41) is 20.3. The molecule has 0 aliphatic heterocycles. The van der Waals surface area contributed by atoms with E-state index in [1.54, 1.807) is 40.1 Å². The van der Waals surface area contributed by atoms with Crippen molar-refractivity contribution in [3.63, 3.8) is 0 Å². The first-order valence-electron chi connectivity index (χ1n) is 7.87. The first kappa shape index (κ1) is 22.7. The third-order valence-corrected chi connectivity index (χ3v) is 3.75. The zero-order chi connectivity index (χ0) is 21.6. The maximum Gasteiger partial charge on any atom is 0.282 e. The molecule has 0 aliphatic rings. The molecule has 2 rings (SSSR count). The molecular formula is C18H18ClN3O6. The SMILES string of the molecule is Cc1ccc([N+](=O)[O-])c(C(=O)Cl)c1.Cc1ccc([N+](=O)[O-])c(C(=O)N(C)C)c1. The molecule has 0 radical (unpaired) electrons. The highest BCUT2D eigenvalue weighted by atomic mass is 35.5. The molecule has 2 aromatic rings. The number of nitro benzene ring substituents is 2. The molecule has 0 unspecified atom stereocenters. The van der Waals surface area contributed by atoms with Crippen molar-refractivity contribution >= 4 is 34.1 Å². The van der Waals surface area contributed by atoms with Crippen molar-refractivity contribution in [2.24, 2.45) is 0 Å². The summed E-state index contributed by atoms with van der Waals surface area (Å²) < 4.78 is 0. The highest BCUT2D eigenvalue weighted by Gasteiger charge is 2.21. The molecule has 0 aromatic heterocycles. The van der Waals surface area contributed by atoms with E-state index in [0.29, 0.717) is 0 Å². The third kappa shape index (κ3) is 5.85. The second kappa shape index (κ2) is 9.56. The van der Waals surface area contributed by atoms with Crippen LogP contribution in [0.2, 0.25) is 0 Å². The maximum absolute atomic E-state index is 11.6. The van der Waals surface area contributed by atoms with Crippen LogP contribution in [0.1, 0.15) is 31.8 Å². The second-order valence-corrected chi connectivity index (χ2v) is 6.37. The van der Waals surface area contributed by atoms with Crippen LogP contribution in [0.15, 0.2) is 36.4 Å². The molecule has 0 atom stereocenters. The largest absolute Gasteiger partial charge is 0.345 e. The first-order chi connectivity index (χ1) is 13.0. The van der Waals surface area contributed by atoms with Gasteiger partial charge in [-0.15, -0.1) is 0 Å². The zero-order valence-corrected chi connectivity index (χ0v) is 16.4. The van der Waals surface area contributed by atoms with Crippen LogP contribution in [0.4, 0.5) is 11.4 Å². The van der Waals surface area contributed by atoms with E-state index in [-0.39, 0.29) is 28.4 Å². The Balaban J connectivity index is 0.000000283. The van der Waals surface area contributed by atoms with Crippen molar-refractivity contribution in [2.75, 3.05) is 14.1 Å². The van der Waals surface area contributed by atoms with Gasteiger partial charge in [0.1, 0.15) is 11.1 Å². The van der Waals surface area contributed by atoms with E-state index in [0.717, 1.165) is 11.1 Å². The molecule has 0 spiro atoms. The molecule has 0 heterocycles. The average molecular weight is 408 g/mol. The van der Waals surface area contributed by atoms with E-state index >= 15 is 0 Å². The summed E-state index contributed by atoms with van der Waals surface area (Å²) in [7, 11) is 3.13. The van der Waals surface area contributed by atoms with E-state index in [4.69, 9.17) is 11.6 Å². The number of rotatable bonds is 4. The van der Waals surface area contributed by atoms with Gasteiger partial charge in [-0.25, -0.2) is 0 Å². The highest BCUT2D eigenvalue weighted by Crippen LogP contribution is 2.22. The highest BCUT2D eigenvalue weighted by molar-refractivity contribution is 6.68. The summed E-state index contributed by atoms with van der Waals surface area (Å²) in [6.07, 6.45) is 0. The van der Waals surface area contributed by atoms with Crippen molar-refractivity contribution in [3.8, 4) is 0 Å². The van der Waals surface area contributed by atoms with Crippen LogP contribution in [-0.2, 0) is 0 Å². The number of carbonyl (C=O) groups is 2.